The van der Waals surface area contributed by atoms with E-state index in [9.17, 15) is 9.59 Å². The second-order valence-electron chi connectivity index (χ2n) is 6.82. The second-order valence-corrected chi connectivity index (χ2v) is 7.77. The molecule has 0 aliphatic heterocycles. The first kappa shape index (κ1) is 19.8. The highest BCUT2D eigenvalue weighted by Gasteiger charge is 2.17. The Hall–Kier alpha value is -3.52. The van der Waals surface area contributed by atoms with Crippen molar-refractivity contribution < 1.29 is 4.79 Å². The van der Waals surface area contributed by atoms with E-state index >= 15 is 0 Å². The Balaban J connectivity index is 1.72. The number of aryl methyl sites for hydroxylation is 1. The SMILES string of the molecule is CCc1c(C)nc(-n2nc(-c3cccs3)cc2NC(=O)Cc2ccccc2)[nH]c1=O. The Kier molecular flexibility index (Phi) is 5.58. The predicted molar refractivity (Wildman–Crippen MR) is 118 cm³/mol. The number of hydrogen-bond acceptors (Lipinski definition) is 5. The molecule has 3 aromatic heterocycles. The van der Waals surface area contributed by atoms with E-state index in [4.69, 9.17) is 0 Å². The van der Waals surface area contributed by atoms with Crippen LogP contribution in [-0.4, -0.2) is 25.7 Å². The van der Waals surface area contributed by atoms with Gasteiger partial charge in [-0.1, -0.05) is 43.3 Å². The number of hydrogen-bond donors (Lipinski definition) is 2. The van der Waals surface area contributed by atoms with Gasteiger partial charge in [0.1, 0.15) is 11.5 Å². The van der Waals surface area contributed by atoms with Crippen LogP contribution in [0.15, 0.2) is 58.7 Å². The molecule has 0 aliphatic carbocycles. The fourth-order valence-electron chi connectivity index (χ4n) is 3.26. The van der Waals surface area contributed by atoms with Crippen LogP contribution in [0.3, 0.4) is 0 Å². The Morgan fingerprint density at radius 3 is 2.67 bits per heavy atom. The van der Waals surface area contributed by atoms with Crippen molar-refractivity contribution in [3.63, 3.8) is 0 Å². The minimum absolute atomic E-state index is 0.177. The third-order valence-corrected chi connectivity index (χ3v) is 5.61. The molecule has 4 aromatic rings. The third-order valence-electron chi connectivity index (χ3n) is 4.72. The zero-order valence-electron chi connectivity index (χ0n) is 16.7. The van der Waals surface area contributed by atoms with Gasteiger partial charge in [-0.15, -0.1) is 11.3 Å². The number of nitrogens with zero attached hydrogens (tertiary/aromatic N) is 3. The zero-order chi connectivity index (χ0) is 21.1. The number of anilines is 1. The van der Waals surface area contributed by atoms with Crippen molar-refractivity contribution in [2.45, 2.75) is 26.7 Å². The largest absolute Gasteiger partial charge is 0.310 e. The summed E-state index contributed by atoms with van der Waals surface area (Å²) in [7, 11) is 0. The molecule has 0 fully saturated rings. The Morgan fingerprint density at radius 2 is 2.00 bits per heavy atom. The number of carbonyl (C=O) groups excluding carboxylic acids is 1. The van der Waals surface area contributed by atoms with Gasteiger partial charge in [-0.2, -0.15) is 9.78 Å². The number of H-pyrrole nitrogens is 1. The summed E-state index contributed by atoms with van der Waals surface area (Å²) in [6, 6.07) is 15.2. The molecule has 0 atom stereocenters. The monoisotopic (exact) mass is 419 g/mol. The van der Waals surface area contributed by atoms with Gasteiger partial charge in [-0.25, -0.2) is 4.98 Å². The van der Waals surface area contributed by atoms with Crippen molar-refractivity contribution in [1.82, 2.24) is 19.7 Å². The van der Waals surface area contributed by atoms with E-state index in [2.05, 4.69) is 20.4 Å². The summed E-state index contributed by atoms with van der Waals surface area (Å²) in [6.07, 6.45) is 0.826. The van der Waals surface area contributed by atoms with Crippen LogP contribution < -0.4 is 10.9 Å². The Bertz CT molecular complexity index is 1230. The summed E-state index contributed by atoms with van der Waals surface area (Å²) in [5, 5.41) is 9.47. The maximum Gasteiger partial charge on any atom is 0.255 e. The first-order valence-electron chi connectivity index (χ1n) is 9.63. The van der Waals surface area contributed by atoms with Crippen LogP contribution >= 0.6 is 11.3 Å². The minimum atomic E-state index is -0.199. The first-order chi connectivity index (χ1) is 14.5. The molecule has 0 spiro atoms. The van der Waals surface area contributed by atoms with Crippen LogP contribution in [0.2, 0.25) is 0 Å². The van der Waals surface area contributed by atoms with Gasteiger partial charge in [0.05, 0.1) is 11.3 Å². The molecule has 1 amide bonds. The molecule has 0 unspecified atom stereocenters. The van der Waals surface area contributed by atoms with Crippen molar-refractivity contribution in [1.29, 1.82) is 0 Å². The number of nitrogens with one attached hydrogen (secondary N) is 2. The molecule has 0 saturated carbocycles. The molecule has 1 aromatic carbocycles. The molecule has 2 N–H and O–H groups in total. The van der Waals surface area contributed by atoms with E-state index in [1.54, 1.807) is 24.3 Å². The second kappa shape index (κ2) is 8.46. The topological polar surface area (TPSA) is 92.7 Å². The highest BCUT2D eigenvalue weighted by atomic mass is 32.1. The number of rotatable bonds is 6. The Labute approximate surface area is 177 Å². The van der Waals surface area contributed by atoms with E-state index < -0.39 is 0 Å². The van der Waals surface area contributed by atoms with Gasteiger partial charge in [0.25, 0.3) is 5.56 Å². The van der Waals surface area contributed by atoms with Crippen molar-refractivity contribution in [2.75, 3.05) is 5.32 Å². The van der Waals surface area contributed by atoms with E-state index in [1.807, 2.05) is 54.8 Å². The van der Waals surface area contributed by atoms with Crippen molar-refractivity contribution in [3.05, 3.63) is 81.1 Å². The van der Waals surface area contributed by atoms with Crippen LogP contribution in [0, 0.1) is 6.92 Å². The molecule has 0 aliphatic rings. The van der Waals surface area contributed by atoms with Crippen molar-refractivity contribution in [3.8, 4) is 16.5 Å². The van der Waals surface area contributed by atoms with Gasteiger partial charge in [0.2, 0.25) is 11.9 Å². The lowest BCUT2D eigenvalue weighted by molar-refractivity contribution is -0.115. The summed E-state index contributed by atoms with van der Waals surface area (Å²) in [4.78, 5) is 33.4. The lowest BCUT2D eigenvalue weighted by Gasteiger charge is -2.10. The number of thiophene rings is 1. The summed E-state index contributed by atoms with van der Waals surface area (Å²) < 4.78 is 1.48. The van der Waals surface area contributed by atoms with E-state index in [0.29, 0.717) is 29.2 Å². The highest BCUT2D eigenvalue weighted by molar-refractivity contribution is 7.13. The van der Waals surface area contributed by atoms with E-state index in [0.717, 1.165) is 10.4 Å². The molecule has 8 heteroatoms. The lowest BCUT2D eigenvalue weighted by Crippen LogP contribution is -2.22. The van der Waals surface area contributed by atoms with Crippen LogP contribution in [-0.2, 0) is 17.6 Å². The average molecular weight is 420 g/mol. The third kappa shape index (κ3) is 4.08. The lowest BCUT2D eigenvalue weighted by atomic mass is 10.1. The van der Waals surface area contributed by atoms with Gasteiger partial charge >= 0.3 is 0 Å². The zero-order valence-corrected chi connectivity index (χ0v) is 17.5. The van der Waals surface area contributed by atoms with Crippen LogP contribution in [0.4, 0.5) is 5.82 Å². The molecular weight excluding hydrogens is 398 g/mol. The molecule has 152 valence electrons. The number of carbonyl (C=O) groups is 1. The molecule has 0 saturated heterocycles. The van der Waals surface area contributed by atoms with Crippen LogP contribution in [0.1, 0.15) is 23.7 Å². The molecule has 30 heavy (non-hydrogen) atoms. The quantitative estimate of drug-likeness (QED) is 0.498. The van der Waals surface area contributed by atoms with Gasteiger partial charge in [0.15, 0.2) is 0 Å². The average Bonchev–Trinajstić information content (AvgIpc) is 3.38. The van der Waals surface area contributed by atoms with Crippen molar-refractivity contribution >= 4 is 23.1 Å². The molecule has 4 rings (SSSR count). The minimum Gasteiger partial charge on any atom is -0.310 e. The van der Waals surface area contributed by atoms with Gasteiger partial charge in [0, 0.05) is 17.3 Å². The maximum atomic E-state index is 12.7. The molecule has 0 radical (unpaired) electrons. The van der Waals surface area contributed by atoms with Crippen LogP contribution in [0.25, 0.3) is 16.5 Å². The molecular formula is C22H21N5O2S. The molecule has 0 bridgehead atoms. The highest BCUT2D eigenvalue weighted by Crippen LogP contribution is 2.27. The van der Waals surface area contributed by atoms with Crippen LogP contribution in [0.5, 0.6) is 0 Å². The predicted octanol–water partition coefficient (Wildman–Crippen LogP) is 3.74. The van der Waals surface area contributed by atoms with E-state index in [1.165, 1.54) is 4.68 Å². The number of amides is 1. The number of aromatic amines is 1. The first-order valence-corrected chi connectivity index (χ1v) is 10.5. The summed E-state index contributed by atoms with van der Waals surface area (Å²) in [6.45, 7) is 3.71. The normalized spacial score (nSPS) is 10.9. The summed E-state index contributed by atoms with van der Waals surface area (Å²) in [5.74, 6) is 0.544. The Morgan fingerprint density at radius 1 is 1.20 bits per heavy atom. The fourth-order valence-corrected chi connectivity index (χ4v) is 3.94. The summed E-state index contributed by atoms with van der Waals surface area (Å²) >= 11 is 1.55. The summed E-state index contributed by atoms with van der Waals surface area (Å²) in [5.41, 5.74) is 2.69. The maximum absolute atomic E-state index is 12.7. The molecule has 3 heterocycles. The fraction of sp³-hybridized carbons (Fsp3) is 0.182. The van der Waals surface area contributed by atoms with Gasteiger partial charge < -0.3 is 5.32 Å². The van der Waals surface area contributed by atoms with Gasteiger partial charge in [-0.3, -0.25) is 14.6 Å². The van der Waals surface area contributed by atoms with E-state index in [-0.39, 0.29) is 23.8 Å². The van der Waals surface area contributed by atoms with Gasteiger partial charge in [-0.05, 0) is 30.4 Å². The standard InChI is InChI=1S/C22H21N5O2S/c1-3-16-14(2)23-22(25-21(16)29)27-19(13-17(26-27)18-10-7-11-30-18)24-20(28)12-15-8-5-4-6-9-15/h4-11,13H,3,12H2,1-2H3,(H,24,28)(H,23,25,29). The smallest absolute Gasteiger partial charge is 0.255 e. The number of benzene rings is 1. The number of aromatic nitrogens is 4. The molecule has 7 nitrogen and oxygen atoms in total. The van der Waals surface area contributed by atoms with Crippen molar-refractivity contribution in [2.24, 2.45) is 0 Å².